The molecule has 0 aliphatic carbocycles. The summed E-state index contributed by atoms with van der Waals surface area (Å²) in [4.78, 5) is 12.3. The van der Waals surface area contributed by atoms with E-state index in [9.17, 15) is 17.6 Å². The van der Waals surface area contributed by atoms with E-state index in [0.29, 0.717) is 18.7 Å². The highest BCUT2D eigenvalue weighted by atomic mass is 32.2. The first kappa shape index (κ1) is 20.9. The van der Waals surface area contributed by atoms with E-state index >= 15 is 0 Å². The monoisotopic (exact) mass is 395 g/mol. The highest BCUT2D eigenvalue weighted by molar-refractivity contribution is 7.89. The van der Waals surface area contributed by atoms with Gasteiger partial charge in [0, 0.05) is 13.1 Å². The second-order valence-electron chi connectivity index (χ2n) is 5.66. The molecule has 0 heterocycles. The van der Waals surface area contributed by atoms with E-state index in [2.05, 4.69) is 0 Å². The van der Waals surface area contributed by atoms with E-state index < -0.39 is 21.8 Å². The molecule has 8 heteroatoms. The molecule has 2 rings (SSSR count). The number of hydrogen-bond acceptors (Lipinski definition) is 5. The Labute approximate surface area is 158 Å². The third-order valence-electron chi connectivity index (χ3n) is 4.00. The molecule has 0 radical (unpaired) electrons. The Morgan fingerprint density at radius 2 is 1.81 bits per heavy atom. The van der Waals surface area contributed by atoms with Gasteiger partial charge < -0.3 is 9.47 Å². The van der Waals surface area contributed by atoms with Crippen molar-refractivity contribution >= 4 is 16.0 Å². The number of halogens is 1. The van der Waals surface area contributed by atoms with Gasteiger partial charge in [-0.25, -0.2) is 17.6 Å². The van der Waals surface area contributed by atoms with Crippen LogP contribution in [0, 0.1) is 5.82 Å². The summed E-state index contributed by atoms with van der Waals surface area (Å²) < 4.78 is 50.1. The van der Waals surface area contributed by atoms with Crippen LogP contribution in [-0.4, -0.2) is 38.9 Å². The quantitative estimate of drug-likeness (QED) is 0.642. The van der Waals surface area contributed by atoms with Crippen molar-refractivity contribution in [3.8, 4) is 5.75 Å². The van der Waals surface area contributed by atoms with Gasteiger partial charge >= 0.3 is 5.97 Å². The van der Waals surface area contributed by atoms with Crippen LogP contribution in [0.3, 0.4) is 0 Å². The Morgan fingerprint density at radius 1 is 1.11 bits per heavy atom. The summed E-state index contributed by atoms with van der Waals surface area (Å²) in [6.45, 7) is 4.00. The predicted octanol–water partition coefficient (Wildman–Crippen LogP) is 3.22. The molecule has 0 N–H and O–H groups in total. The molecule has 0 saturated heterocycles. The van der Waals surface area contributed by atoms with Crippen LogP contribution in [0.2, 0.25) is 0 Å². The molecular formula is C19H22FNO5S. The second kappa shape index (κ2) is 8.96. The molecule has 146 valence electrons. The molecule has 27 heavy (non-hydrogen) atoms. The summed E-state index contributed by atoms with van der Waals surface area (Å²) in [6.07, 6.45) is 0. The third kappa shape index (κ3) is 4.84. The number of rotatable bonds is 8. The van der Waals surface area contributed by atoms with Crippen LogP contribution in [-0.2, 0) is 21.4 Å². The molecule has 0 aliphatic rings. The molecule has 0 atom stereocenters. The summed E-state index contributed by atoms with van der Waals surface area (Å²) in [5, 5.41) is 0. The lowest BCUT2D eigenvalue weighted by molar-refractivity contribution is 0.0472. The summed E-state index contributed by atoms with van der Waals surface area (Å²) in [6, 6.07) is 9.91. The van der Waals surface area contributed by atoms with E-state index in [1.54, 1.807) is 19.9 Å². The lowest BCUT2D eigenvalue weighted by Gasteiger charge is -2.18. The van der Waals surface area contributed by atoms with Crippen LogP contribution in [0.1, 0.15) is 29.8 Å². The second-order valence-corrected chi connectivity index (χ2v) is 7.60. The molecule has 0 aliphatic heterocycles. The smallest absolute Gasteiger partial charge is 0.338 e. The molecule has 2 aromatic carbocycles. The first-order valence-corrected chi connectivity index (χ1v) is 9.87. The van der Waals surface area contributed by atoms with Crippen molar-refractivity contribution in [3.05, 3.63) is 59.4 Å². The Hall–Kier alpha value is -2.45. The molecule has 0 spiro atoms. The molecule has 0 amide bonds. The van der Waals surface area contributed by atoms with E-state index in [-0.39, 0.29) is 22.8 Å². The van der Waals surface area contributed by atoms with Gasteiger partial charge in [0.15, 0.2) is 11.6 Å². The van der Waals surface area contributed by atoms with Gasteiger partial charge in [0.05, 0.1) is 17.6 Å². The van der Waals surface area contributed by atoms with Crippen molar-refractivity contribution in [2.75, 3.05) is 20.2 Å². The molecule has 0 saturated carbocycles. The summed E-state index contributed by atoms with van der Waals surface area (Å²) in [5.41, 5.74) is 0.561. The summed E-state index contributed by atoms with van der Waals surface area (Å²) >= 11 is 0. The van der Waals surface area contributed by atoms with Crippen LogP contribution >= 0.6 is 0 Å². The van der Waals surface area contributed by atoms with Gasteiger partial charge in [0.25, 0.3) is 0 Å². The van der Waals surface area contributed by atoms with Gasteiger partial charge in [-0.15, -0.1) is 0 Å². The first-order valence-electron chi connectivity index (χ1n) is 8.43. The Morgan fingerprint density at radius 3 is 2.41 bits per heavy atom. The van der Waals surface area contributed by atoms with E-state index in [4.69, 9.17) is 9.47 Å². The van der Waals surface area contributed by atoms with E-state index in [1.807, 2.05) is 0 Å². The number of carbonyl (C=O) groups is 1. The third-order valence-corrected chi connectivity index (χ3v) is 6.04. The minimum absolute atomic E-state index is 0.0242. The molecule has 0 unspecified atom stereocenters. The van der Waals surface area contributed by atoms with Crippen LogP contribution in [0.5, 0.6) is 5.75 Å². The lowest BCUT2D eigenvalue weighted by Crippen LogP contribution is -2.30. The van der Waals surface area contributed by atoms with Crippen molar-refractivity contribution in [1.82, 2.24) is 4.31 Å². The van der Waals surface area contributed by atoms with Crippen LogP contribution in [0.15, 0.2) is 47.4 Å². The number of hydrogen-bond donors (Lipinski definition) is 0. The fourth-order valence-electron chi connectivity index (χ4n) is 2.53. The van der Waals surface area contributed by atoms with Crippen molar-refractivity contribution in [3.63, 3.8) is 0 Å². The number of ether oxygens (including phenoxy) is 2. The average molecular weight is 395 g/mol. The Balaban J connectivity index is 2.15. The number of nitrogens with zero attached hydrogens (tertiary/aromatic N) is 1. The largest absolute Gasteiger partial charge is 0.494 e. The number of carbonyl (C=O) groups excluding carboxylic acids is 1. The molecule has 0 aromatic heterocycles. The minimum atomic E-state index is -3.68. The standard InChI is InChI=1S/C19H22FNO5S/c1-4-21(5-2)27(23,24)16-8-6-7-15(12-16)19(22)26-13-14-9-10-18(25-3)17(20)11-14/h6-12H,4-5,13H2,1-3H3. The lowest BCUT2D eigenvalue weighted by atomic mass is 10.2. The number of methoxy groups -OCH3 is 1. The van der Waals surface area contributed by atoms with Crippen molar-refractivity contribution in [2.45, 2.75) is 25.3 Å². The van der Waals surface area contributed by atoms with Crippen LogP contribution in [0.25, 0.3) is 0 Å². The Bertz CT molecular complexity index is 910. The van der Waals surface area contributed by atoms with Gasteiger partial charge in [-0.1, -0.05) is 26.0 Å². The van der Waals surface area contributed by atoms with Gasteiger partial charge in [0.2, 0.25) is 10.0 Å². The SMILES string of the molecule is CCN(CC)S(=O)(=O)c1cccc(C(=O)OCc2ccc(OC)c(F)c2)c1. The summed E-state index contributed by atoms with van der Waals surface area (Å²) in [5.74, 6) is -1.15. The maximum atomic E-state index is 13.7. The number of sulfonamides is 1. The zero-order valence-electron chi connectivity index (χ0n) is 15.4. The highest BCUT2D eigenvalue weighted by Crippen LogP contribution is 2.20. The van der Waals surface area contributed by atoms with Crippen LogP contribution in [0.4, 0.5) is 4.39 Å². The molecule has 0 bridgehead atoms. The van der Waals surface area contributed by atoms with Crippen molar-refractivity contribution < 1.29 is 27.1 Å². The average Bonchev–Trinajstić information content (AvgIpc) is 2.67. The predicted molar refractivity (Wildman–Crippen MR) is 98.6 cm³/mol. The summed E-state index contributed by atoms with van der Waals surface area (Å²) in [7, 11) is -2.32. The van der Waals surface area contributed by atoms with Gasteiger partial charge in [0.1, 0.15) is 6.61 Å². The number of benzene rings is 2. The topological polar surface area (TPSA) is 72.9 Å². The maximum Gasteiger partial charge on any atom is 0.338 e. The highest BCUT2D eigenvalue weighted by Gasteiger charge is 2.22. The zero-order chi connectivity index (χ0) is 20.0. The minimum Gasteiger partial charge on any atom is -0.494 e. The van der Waals surface area contributed by atoms with E-state index in [0.717, 1.165) is 0 Å². The van der Waals surface area contributed by atoms with Gasteiger partial charge in [-0.05, 0) is 35.9 Å². The zero-order valence-corrected chi connectivity index (χ0v) is 16.3. The number of esters is 1. The Kier molecular flexibility index (Phi) is 6.92. The molecule has 6 nitrogen and oxygen atoms in total. The fourth-order valence-corrected chi connectivity index (χ4v) is 4.03. The molecular weight excluding hydrogens is 373 g/mol. The molecule has 0 fully saturated rings. The fraction of sp³-hybridized carbons (Fsp3) is 0.316. The molecule has 2 aromatic rings. The van der Waals surface area contributed by atoms with Crippen molar-refractivity contribution in [1.29, 1.82) is 0 Å². The van der Waals surface area contributed by atoms with Gasteiger partial charge in [-0.2, -0.15) is 4.31 Å². The van der Waals surface area contributed by atoms with E-state index in [1.165, 1.54) is 47.8 Å². The van der Waals surface area contributed by atoms with Gasteiger partial charge in [-0.3, -0.25) is 0 Å². The normalized spacial score (nSPS) is 11.4. The van der Waals surface area contributed by atoms with Crippen LogP contribution < -0.4 is 4.74 Å². The van der Waals surface area contributed by atoms with Crippen molar-refractivity contribution in [2.24, 2.45) is 0 Å². The first-order chi connectivity index (χ1) is 12.8. The maximum absolute atomic E-state index is 13.7.